The van der Waals surface area contributed by atoms with Gasteiger partial charge in [-0.3, -0.25) is 9.69 Å². The summed E-state index contributed by atoms with van der Waals surface area (Å²) in [6, 6.07) is 1.30. The second kappa shape index (κ2) is 7.46. The van der Waals surface area contributed by atoms with Crippen molar-refractivity contribution in [1.29, 1.82) is 0 Å². The van der Waals surface area contributed by atoms with Crippen molar-refractivity contribution in [3.63, 3.8) is 0 Å². The fraction of sp³-hybridized carbons (Fsp3) is 0.929. The lowest BCUT2D eigenvalue weighted by atomic mass is 9.97. The van der Waals surface area contributed by atoms with Gasteiger partial charge in [-0.05, 0) is 40.0 Å². The highest BCUT2D eigenvalue weighted by atomic mass is 35.5. The molecule has 2 fully saturated rings. The van der Waals surface area contributed by atoms with Crippen molar-refractivity contribution in [1.82, 2.24) is 15.1 Å². The zero-order chi connectivity index (χ0) is 13.1. The number of likely N-dealkylation sites (tertiary alicyclic amines) is 1. The molecule has 0 bridgehead atoms. The Labute approximate surface area is 123 Å². The normalized spacial score (nSPS) is 32.8. The third kappa shape index (κ3) is 4.07. The molecule has 0 aliphatic carbocycles. The van der Waals surface area contributed by atoms with Crippen LogP contribution in [0.4, 0.5) is 0 Å². The summed E-state index contributed by atoms with van der Waals surface area (Å²) in [6.45, 7) is 10.2. The summed E-state index contributed by atoms with van der Waals surface area (Å²) in [5, 5.41) is 3.37. The summed E-state index contributed by atoms with van der Waals surface area (Å²) in [5.74, 6) is 0.323. The van der Waals surface area contributed by atoms with Gasteiger partial charge in [0.05, 0.1) is 6.54 Å². The largest absolute Gasteiger partial charge is 0.336 e. The molecule has 2 heterocycles. The Bertz CT molecular complexity index is 290. The minimum absolute atomic E-state index is 0. The quantitative estimate of drug-likeness (QED) is 0.837. The van der Waals surface area contributed by atoms with Crippen LogP contribution in [0.15, 0.2) is 0 Å². The monoisotopic (exact) mass is 289 g/mol. The Morgan fingerprint density at radius 3 is 2.37 bits per heavy atom. The van der Waals surface area contributed by atoms with Crippen LogP contribution >= 0.6 is 12.4 Å². The number of hydrogen-bond donors (Lipinski definition) is 1. The predicted molar refractivity (Wildman–Crippen MR) is 80.8 cm³/mol. The molecule has 0 spiro atoms. The molecule has 2 saturated heterocycles. The molecule has 5 heteroatoms. The number of hydrogen-bond acceptors (Lipinski definition) is 3. The van der Waals surface area contributed by atoms with E-state index >= 15 is 0 Å². The highest BCUT2D eigenvalue weighted by Gasteiger charge is 2.30. The number of nitrogens with zero attached hydrogens (tertiary/aromatic N) is 2. The molecule has 0 radical (unpaired) electrons. The van der Waals surface area contributed by atoms with E-state index < -0.39 is 0 Å². The summed E-state index contributed by atoms with van der Waals surface area (Å²) in [6.07, 6.45) is 3.58. The third-order valence-electron chi connectivity index (χ3n) is 4.46. The van der Waals surface area contributed by atoms with Crippen LogP contribution in [-0.2, 0) is 4.79 Å². The van der Waals surface area contributed by atoms with Crippen LogP contribution in [0, 0.1) is 0 Å². The van der Waals surface area contributed by atoms with Gasteiger partial charge >= 0.3 is 0 Å². The Morgan fingerprint density at radius 2 is 1.79 bits per heavy atom. The third-order valence-corrected chi connectivity index (χ3v) is 4.46. The van der Waals surface area contributed by atoms with Crippen molar-refractivity contribution in [3.8, 4) is 0 Å². The second-order valence-corrected chi connectivity index (χ2v) is 5.95. The summed E-state index contributed by atoms with van der Waals surface area (Å²) in [5.41, 5.74) is 0. The molecule has 2 unspecified atom stereocenters. The molecule has 0 aromatic rings. The number of rotatable bonds is 2. The van der Waals surface area contributed by atoms with E-state index in [-0.39, 0.29) is 12.4 Å². The predicted octanol–water partition coefficient (Wildman–Crippen LogP) is 1.49. The topological polar surface area (TPSA) is 35.6 Å². The van der Waals surface area contributed by atoms with Crippen molar-refractivity contribution in [3.05, 3.63) is 0 Å². The van der Waals surface area contributed by atoms with Gasteiger partial charge in [-0.15, -0.1) is 12.4 Å². The maximum atomic E-state index is 12.5. The Balaban J connectivity index is 0.00000180. The molecule has 1 N–H and O–H groups in total. The van der Waals surface area contributed by atoms with Gasteiger partial charge in [-0.1, -0.05) is 0 Å². The fourth-order valence-electron chi connectivity index (χ4n) is 3.29. The Morgan fingerprint density at radius 1 is 1.16 bits per heavy atom. The lowest BCUT2D eigenvalue weighted by Gasteiger charge is -2.41. The van der Waals surface area contributed by atoms with E-state index in [4.69, 9.17) is 0 Å². The van der Waals surface area contributed by atoms with Crippen molar-refractivity contribution in [2.45, 2.75) is 58.2 Å². The SMILES string of the molecule is CC1CCCC(C)N1C(=O)CN1CCNC[C@@H]1C.Cl. The van der Waals surface area contributed by atoms with Crippen molar-refractivity contribution >= 4 is 18.3 Å². The van der Waals surface area contributed by atoms with Gasteiger partial charge < -0.3 is 10.2 Å². The fourth-order valence-corrected chi connectivity index (χ4v) is 3.29. The number of carbonyl (C=O) groups is 1. The van der Waals surface area contributed by atoms with E-state index in [0.717, 1.165) is 32.5 Å². The standard InChI is InChI=1S/C14H27N3O.ClH/c1-11-5-4-6-12(2)17(11)14(18)10-16-8-7-15-9-13(16)3;/h11-13,15H,4-10H2,1-3H3;1H/t11?,12?,13-;/m0./s1. The van der Waals surface area contributed by atoms with Gasteiger partial charge in [-0.2, -0.15) is 0 Å². The van der Waals surface area contributed by atoms with Gasteiger partial charge in [0.1, 0.15) is 0 Å². The van der Waals surface area contributed by atoms with Gasteiger partial charge in [0.2, 0.25) is 5.91 Å². The number of carbonyl (C=O) groups excluding carboxylic acids is 1. The highest BCUT2D eigenvalue weighted by Crippen LogP contribution is 2.22. The van der Waals surface area contributed by atoms with Crippen LogP contribution in [0.25, 0.3) is 0 Å². The molecule has 4 nitrogen and oxygen atoms in total. The van der Waals surface area contributed by atoms with Crippen molar-refractivity contribution in [2.24, 2.45) is 0 Å². The van der Waals surface area contributed by atoms with Gasteiger partial charge in [-0.25, -0.2) is 0 Å². The molecular formula is C14H28ClN3O. The Hall–Kier alpha value is -0.320. The zero-order valence-electron chi connectivity index (χ0n) is 12.4. The van der Waals surface area contributed by atoms with Crippen molar-refractivity contribution < 1.29 is 4.79 Å². The number of halogens is 1. The average Bonchev–Trinajstić information content (AvgIpc) is 2.32. The Kier molecular flexibility index (Phi) is 6.57. The minimum Gasteiger partial charge on any atom is -0.336 e. The van der Waals surface area contributed by atoms with Gasteiger partial charge in [0.15, 0.2) is 0 Å². The molecule has 2 rings (SSSR count). The van der Waals surface area contributed by atoms with Crippen LogP contribution in [-0.4, -0.2) is 60.0 Å². The van der Waals surface area contributed by atoms with E-state index in [2.05, 4.69) is 35.9 Å². The second-order valence-electron chi connectivity index (χ2n) is 5.95. The summed E-state index contributed by atoms with van der Waals surface area (Å²) < 4.78 is 0. The molecule has 3 atom stereocenters. The summed E-state index contributed by atoms with van der Waals surface area (Å²) in [7, 11) is 0. The van der Waals surface area contributed by atoms with E-state index in [1.54, 1.807) is 0 Å². The number of piperidine rings is 1. The molecule has 1 amide bonds. The molecule has 2 aliphatic heterocycles. The molecule has 0 aromatic carbocycles. The zero-order valence-corrected chi connectivity index (χ0v) is 13.2. The molecular weight excluding hydrogens is 262 g/mol. The first-order valence-corrected chi connectivity index (χ1v) is 7.35. The molecule has 0 aromatic heterocycles. The smallest absolute Gasteiger partial charge is 0.237 e. The van der Waals surface area contributed by atoms with Crippen LogP contribution in [0.1, 0.15) is 40.0 Å². The van der Waals surface area contributed by atoms with Crippen LogP contribution in [0.2, 0.25) is 0 Å². The van der Waals surface area contributed by atoms with E-state index in [0.29, 0.717) is 30.6 Å². The summed E-state index contributed by atoms with van der Waals surface area (Å²) >= 11 is 0. The number of nitrogens with one attached hydrogen (secondary N) is 1. The maximum Gasteiger partial charge on any atom is 0.237 e. The molecule has 0 saturated carbocycles. The molecule has 2 aliphatic rings. The lowest BCUT2D eigenvalue weighted by Crippen LogP contribution is -2.56. The molecule has 112 valence electrons. The van der Waals surface area contributed by atoms with E-state index in [1.165, 1.54) is 6.42 Å². The van der Waals surface area contributed by atoms with Crippen LogP contribution in [0.3, 0.4) is 0 Å². The van der Waals surface area contributed by atoms with Gasteiger partial charge in [0.25, 0.3) is 0 Å². The maximum absolute atomic E-state index is 12.5. The average molecular weight is 290 g/mol. The lowest BCUT2D eigenvalue weighted by molar-refractivity contribution is -0.139. The van der Waals surface area contributed by atoms with Crippen molar-refractivity contribution in [2.75, 3.05) is 26.2 Å². The van der Waals surface area contributed by atoms with Gasteiger partial charge in [0, 0.05) is 37.8 Å². The summed E-state index contributed by atoms with van der Waals surface area (Å²) in [4.78, 5) is 16.9. The first-order chi connectivity index (χ1) is 8.59. The van der Waals surface area contributed by atoms with E-state index in [1.807, 2.05) is 0 Å². The number of piperazine rings is 1. The van der Waals surface area contributed by atoms with E-state index in [9.17, 15) is 4.79 Å². The van der Waals surface area contributed by atoms with Crippen LogP contribution in [0.5, 0.6) is 0 Å². The first-order valence-electron chi connectivity index (χ1n) is 7.35. The highest BCUT2D eigenvalue weighted by molar-refractivity contribution is 5.85. The van der Waals surface area contributed by atoms with Crippen LogP contribution < -0.4 is 5.32 Å². The first kappa shape index (κ1) is 16.7. The number of amides is 1. The minimum atomic E-state index is 0. The molecule has 19 heavy (non-hydrogen) atoms.